The first-order valence-corrected chi connectivity index (χ1v) is 7.20. The number of hydrogen-bond acceptors (Lipinski definition) is 3. The van der Waals surface area contributed by atoms with Gasteiger partial charge in [-0.1, -0.05) is 24.3 Å². The maximum Gasteiger partial charge on any atom is 0.225 e. The second-order valence-corrected chi connectivity index (χ2v) is 5.34. The molecule has 0 radical (unpaired) electrons. The van der Waals surface area contributed by atoms with Gasteiger partial charge < -0.3 is 15.4 Å². The van der Waals surface area contributed by atoms with Gasteiger partial charge in [0.2, 0.25) is 5.91 Å². The Hall–Kier alpha value is -2.73. The van der Waals surface area contributed by atoms with E-state index >= 15 is 0 Å². The van der Waals surface area contributed by atoms with Crippen molar-refractivity contribution in [2.45, 2.75) is 19.1 Å². The molecule has 0 saturated heterocycles. The molecule has 3 aromatic rings. The van der Waals surface area contributed by atoms with E-state index in [0.29, 0.717) is 11.4 Å². The van der Waals surface area contributed by atoms with Crippen molar-refractivity contribution in [2.24, 2.45) is 5.73 Å². The first-order valence-electron chi connectivity index (χ1n) is 7.20. The fourth-order valence-electron chi connectivity index (χ4n) is 2.58. The summed E-state index contributed by atoms with van der Waals surface area (Å²) in [7, 11) is 0. The minimum absolute atomic E-state index is 0.00911. The van der Waals surface area contributed by atoms with E-state index in [2.05, 4.69) is 4.98 Å². The van der Waals surface area contributed by atoms with E-state index in [-0.39, 0.29) is 18.8 Å². The van der Waals surface area contributed by atoms with Crippen LogP contribution < -0.4 is 5.73 Å². The van der Waals surface area contributed by atoms with Gasteiger partial charge >= 0.3 is 0 Å². The smallest absolute Gasteiger partial charge is 0.225 e. The molecule has 0 fully saturated rings. The molecule has 1 heterocycles. The Morgan fingerprint density at radius 3 is 2.61 bits per heavy atom. The van der Waals surface area contributed by atoms with Gasteiger partial charge in [-0.05, 0) is 29.8 Å². The van der Waals surface area contributed by atoms with Crippen molar-refractivity contribution < 1.29 is 14.3 Å². The lowest BCUT2D eigenvalue weighted by atomic mass is 10.1. The Morgan fingerprint density at radius 2 is 1.91 bits per heavy atom. The number of aliphatic hydroxyl groups is 1. The van der Waals surface area contributed by atoms with E-state index in [4.69, 9.17) is 5.73 Å². The van der Waals surface area contributed by atoms with E-state index in [9.17, 15) is 14.3 Å². The van der Waals surface area contributed by atoms with Crippen molar-refractivity contribution in [3.8, 4) is 0 Å². The molecule has 0 aliphatic heterocycles. The maximum atomic E-state index is 13.0. The van der Waals surface area contributed by atoms with Crippen molar-refractivity contribution >= 4 is 16.9 Å². The second kappa shape index (κ2) is 6.18. The van der Waals surface area contributed by atoms with Gasteiger partial charge in [-0.3, -0.25) is 4.79 Å². The van der Waals surface area contributed by atoms with E-state index in [1.165, 1.54) is 24.3 Å². The van der Waals surface area contributed by atoms with Crippen LogP contribution in [0.15, 0.2) is 48.5 Å². The number of carbonyl (C=O) groups is 1. The molecule has 0 bridgehead atoms. The SMILES string of the molecule is NC(=O)Cc1nc2ccccc2n1C[C@@H](O)c1ccc(F)cc1. The molecule has 118 valence electrons. The minimum atomic E-state index is -0.847. The van der Waals surface area contributed by atoms with Crippen LogP contribution in [0.4, 0.5) is 4.39 Å². The number of nitrogens with two attached hydrogens (primary N) is 1. The third kappa shape index (κ3) is 3.22. The first kappa shape index (κ1) is 15.2. The van der Waals surface area contributed by atoms with Crippen LogP contribution in [0.25, 0.3) is 11.0 Å². The molecule has 0 aliphatic rings. The molecule has 0 unspecified atom stereocenters. The largest absolute Gasteiger partial charge is 0.387 e. The molecule has 3 rings (SSSR count). The van der Waals surface area contributed by atoms with E-state index in [1.807, 2.05) is 24.3 Å². The average Bonchev–Trinajstić information content (AvgIpc) is 2.85. The number of aliphatic hydroxyl groups excluding tert-OH is 1. The van der Waals surface area contributed by atoms with Gasteiger partial charge in [0.15, 0.2) is 0 Å². The predicted molar refractivity (Wildman–Crippen MR) is 84.0 cm³/mol. The molecule has 0 spiro atoms. The summed E-state index contributed by atoms with van der Waals surface area (Å²) in [5.74, 6) is -0.346. The summed E-state index contributed by atoms with van der Waals surface area (Å²) >= 11 is 0. The van der Waals surface area contributed by atoms with Crippen LogP contribution in [-0.2, 0) is 17.8 Å². The van der Waals surface area contributed by atoms with Gasteiger partial charge in [0.1, 0.15) is 11.6 Å². The van der Waals surface area contributed by atoms with Crippen molar-refractivity contribution in [1.82, 2.24) is 9.55 Å². The summed E-state index contributed by atoms with van der Waals surface area (Å²) in [6, 6.07) is 13.1. The fourth-order valence-corrected chi connectivity index (χ4v) is 2.58. The van der Waals surface area contributed by atoms with Crippen molar-refractivity contribution in [1.29, 1.82) is 0 Å². The van der Waals surface area contributed by atoms with Crippen LogP contribution in [-0.4, -0.2) is 20.6 Å². The number of hydrogen-bond donors (Lipinski definition) is 2. The lowest BCUT2D eigenvalue weighted by Crippen LogP contribution is -2.19. The monoisotopic (exact) mass is 313 g/mol. The summed E-state index contributed by atoms with van der Waals surface area (Å²) in [5, 5.41) is 10.4. The highest BCUT2D eigenvalue weighted by molar-refractivity contribution is 5.80. The van der Waals surface area contributed by atoms with Gasteiger partial charge in [-0.2, -0.15) is 0 Å². The summed E-state index contributed by atoms with van der Waals surface area (Å²) in [6.07, 6.45) is -0.856. The molecule has 1 atom stereocenters. The average molecular weight is 313 g/mol. The van der Waals surface area contributed by atoms with E-state index < -0.39 is 12.0 Å². The Kier molecular flexibility index (Phi) is 4.08. The number of rotatable bonds is 5. The van der Waals surface area contributed by atoms with Crippen LogP contribution in [0, 0.1) is 5.82 Å². The highest BCUT2D eigenvalue weighted by atomic mass is 19.1. The zero-order valence-corrected chi connectivity index (χ0v) is 12.3. The zero-order chi connectivity index (χ0) is 16.4. The van der Waals surface area contributed by atoms with Gasteiger partial charge in [0.05, 0.1) is 30.1 Å². The van der Waals surface area contributed by atoms with Crippen molar-refractivity contribution in [3.05, 3.63) is 65.7 Å². The molecule has 0 saturated carbocycles. The first-order chi connectivity index (χ1) is 11.0. The van der Waals surface area contributed by atoms with Crippen LogP contribution >= 0.6 is 0 Å². The summed E-state index contributed by atoms with van der Waals surface area (Å²) < 4.78 is 14.8. The predicted octanol–water partition coefficient (Wildman–Crippen LogP) is 1.94. The standard InChI is InChI=1S/C17H16FN3O2/c18-12-7-5-11(6-8-12)15(22)10-21-14-4-2-1-3-13(14)20-17(21)9-16(19)23/h1-8,15,22H,9-10H2,(H2,19,23)/t15-/m1/s1. The highest BCUT2D eigenvalue weighted by Crippen LogP contribution is 2.22. The quantitative estimate of drug-likeness (QED) is 0.755. The molecule has 1 aromatic heterocycles. The lowest BCUT2D eigenvalue weighted by Gasteiger charge is -2.15. The number of halogens is 1. The third-order valence-electron chi connectivity index (χ3n) is 3.68. The van der Waals surface area contributed by atoms with E-state index in [1.54, 1.807) is 4.57 Å². The molecular weight excluding hydrogens is 297 g/mol. The zero-order valence-electron chi connectivity index (χ0n) is 12.3. The number of carbonyl (C=O) groups excluding carboxylic acids is 1. The van der Waals surface area contributed by atoms with Crippen LogP contribution in [0.3, 0.4) is 0 Å². The highest BCUT2D eigenvalue weighted by Gasteiger charge is 2.16. The lowest BCUT2D eigenvalue weighted by molar-refractivity contribution is -0.117. The maximum absolute atomic E-state index is 13.0. The van der Waals surface area contributed by atoms with E-state index in [0.717, 1.165) is 11.0 Å². The van der Waals surface area contributed by atoms with Gasteiger partial charge in [-0.25, -0.2) is 9.37 Å². The third-order valence-corrected chi connectivity index (χ3v) is 3.68. The molecule has 6 heteroatoms. The Bertz CT molecular complexity index is 843. The molecule has 23 heavy (non-hydrogen) atoms. The number of benzene rings is 2. The Morgan fingerprint density at radius 1 is 1.22 bits per heavy atom. The molecule has 1 amide bonds. The number of para-hydroxylation sites is 2. The minimum Gasteiger partial charge on any atom is -0.387 e. The van der Waals surface area contributed by atoms with Gasteiger partial charge in [0, 0.05) is 0 Å². The molecule has 0 aliphatic carbocycles. The number of imidazole rings is 1. The van der Waals surface area contributed by atoms with Crippen molar-refractivity contribution in [3.63, 3.8) is 0 Å². The van der Waals surface area contributed by atoms with Gasteiger partial charge in [0.25, 0.3) is 0 Å². The number of nitrogens with zero attached hydrogens (tertiary/aromatic N) is 2. The normalized spacial score (nSPS) is 12.4. The number of amides is 1. The molecule has 2 aromatic carbocycles. The Balaban J connectivity index is 1.97. The summed E-state index contributed by atoms with van der Waals surface area (Å²) in [4.78, 5) is 15.7. The molecule has 5 nitrogen and oxygen atoms in total. The molecule has 3 N–H and O–H groups in total. The Labute approximate surface area is 132 Å². The molecular formula is C17H16FN3O2. The second-order valence-electron chi connectivity index (χ2n) is 5.34. The number of primary amides is 1. The van der Waals surface area contributed by atoms with Crippen LogP contribution in [0.1, 0.15) is 17.5 Å². The van der Waals surface area contributed by atoms with Gasteiger partial charge in [-0.15, -0.1) is 0 Å². The number of aromatic nitrogens is 2. The van der Waals surface area contributed by atoms with Crippen LogP contribution in [0.5, 0.6) is 0 Å². The topological polar surface area (TPSA) is 81.1 Å². The summed E-state index contributed by atoms with van der Waals surface area (Å²) in [5.41, 5.74) is 7.41. The summed E-state index contributed by atoms with van der Waals surface area (Å²) in [6.45, 7) is 0.203. The van der Waals surface area contributed by atoms with Crippen molar-refractivity contribution in [2.75, 3.05) is 0 Å². The van der Waals surface area contributed by atoms with Crippen LogP contribution in [0.2, 0.25) is 0 Å². The number of fused-ring (bicyclic) bond motifs is 1. The fraction of sp³-hybridized carbons (Fsp3) is 0.176.